The van der Waals surface area contributed by atoms with Crippen LogP contribution in [0.25, 0.3) is 11.4 Å². The number of benzene rings is 1. The second-order valence-corrected chi connectivity index (χ2v) is 5.12. The van der Waals surface area contributed by atoms with Crippen LogP contribution in [0, 0.1) is 5.41 Å². The molecule has 2 rings (SSSR count). The Morgan fingerprint density at radius 1 is 1.48 bits per heavy atom. The predicted molar refractivity (Wildman–Crippen MR) is 92.5 cm³/mol. The zero-order valence-corrected chi connectivity index (χ0v) is 13.5. The summed E-state index contributed by atoms with van der Waals surface area (Å²) in [6, 6.07) is 5.20. The molecule has 122 valence electrons. The summed E-state index contributed by atoms with van der Waals surface area (Å²) in [6.07, 6.45) is 0.863. The highest BCUT2D eigenvalue weighted by molar-refractivity contribution is 6.00. The number of nitrogens with one attached hydrogen (secondary N) is 3. The maximum atomic E-state index is 12.3. The molecule has 5 N–H and O–H groups in total. The van der Waals surface area contributed by atoms with Crippen molar-refractivity contribution >= 4 is 17.2 Å². The Bertz CT molecular complexity index is 783. The molecule has 1 aromatic carbocycles. The molecule has 0 unspecified atom stereocenters. The number of hydrogen-bond donors (Lipinski definition) is 4. The summed E-state index contributed by atoms with van der Waals surface area (Å²) in [5.74, 6) is 1.30. The van der Waals surface area contributed by atoms with Crippen molar-refractivity contribution in [3.63, 3.8) is 0 Å². The lowest BCUT2D eigenvalue weighted by atomic mass is 10.1. The highest BCUT2D eigenvalue weighted by atomic mass is 16.5. The Balaban J connectivity index is 2.62. The molecule has 0 aliphatic rings. The third-order valence-electron chi connectivity index (χ3n) is 3.25. The predicted octanol–water partition coefficient (Wildman–Crippen LogP) is 2.24. The van der Waals surface area contributed by atoms with Gasteiger partial charge in [-0.1, -0.05) is 6.92 Å². The molecule has 0 saturated carbocycles. The topological polar surface area (TPSA) is 117 Å². The molecule has 0 radical (unpaired) electrons. The number of nitrogen functional groups attached to an aromatic ring is 1. The molecule has 2 aromatic rings. The van der Waals surface area contributed by atoms with Crippen LogP contribution >= 0.6 is 0 Å². The van der Waals surface area contributed by atoms with Crippen molar-refractivity contribution in [3.05, 3.63) is 34.1 Å². The lowest BCUT2D eigenvalue weighted by molar-refractivity contribution is 0.318. The van der Waals surface area contributed by atoms with Crippen molar-refractivity contribution in [3.8, 4) is 17.1 Å². The Morgan fingerprint density at radius 2 is 2.22 bits per heavy atom. The maximum absolute atomic E-state index is 12.3. The van der Waals surface area contributed by atoms with Crippen molar-refractivity contribution in [2.24, 2.45) is 0 Å². The van der Waals surface area contributed by atoms with Crippen LogP contribution in [0.3, 0.4) is 0 Å². The van der Waals surface area contributed by atoms with Crippen LogP contribution in [0.2, 0.25) is 0 Å². The van der Waals surface area contributed by atoms with E-state index in [0.29, 0.717) is 35.2 Å². The number of hydrogen-bond acceptors (Lipinski definition) is 6. The van der Waals surface area contributed by atoms with Gasteiger partial charge in [-0.15, -0.1) is 0 Å². The van der Waals surface area contributed by atoms with E-state index in [0.717, 1.165) is 6.42 Å². The second-order valence-electron chi connectivity index (χ2n) is 5.12. The largest absolute Gasteiger partial charge is 0.493 e. The van der Waals surface area contributed by atoms with E-state index in [1.807, 2.05) is 6.92 Å². The van der Waals surface area contributed by atoms with E-state index in [4.69, 9.17) is 15.9 Å². The van der Waals surface area contributed by atoms with Gasteiger partial charge in [-0.25, -0.2) is 4.98 Å². The number of ether oxygens (including phenoxy) is 1. The molecule has 1 heterocycles. The zero-order valence-electron chi connectivity index (χ0n) is 13.5. The molecule has 0 fully saturated rings. The molecule has 0 atom stereocenters. The number of aromatic nitrogens is 2. The van der Waals surface area contributed by atoms with Crippen molar-refractivity contribution in [2.75, 3.05) is 24.7 Å². The first kappa shape index (κ1) is 16.5. The van der Waals surface area contributed by atoms with Crippen LogP contribution in [-0.2, 0) is 0 Å². The summed E-state index contributed by atoms with van der Waals surface area (Å²) < 4.78 is 5.71. The molecule has 0 saturated heterocycles. The van der Waals surface area contributed by atoms with E-state index >= 15 is 0 Å². The summed E-state index contributed by atoms with van der Waals surface area (Å²) in [6.45, 7) is 4.11. The van der Waals surface area contributed by atoms with Crippen LogP contribution in [-0.4, -0.2) is 29.3 Å². The van der Waals surface area contributed by atoms with Gasteiger partial charge in [-0.3, -0.25) is 4.79 Å². The van der Waals surface area contributed by atoms with Crippen LogP contribution < -0.4 is 21.3 Å². The highest BCUT2D eigenvalue weighted by Crippen LogP contribution is 2.30. The first-order valence-corrected chi connectivity index (χ1v) is 7.38. The van der Waals surface area contributed by atoms with Crippen molar-refractivity contribution in [1.82, 2.24) is 9.97 Å². The third kappa shape index (κ3) is 3.50. The molecule has 0 aliphatic carbocycles. The van der Waals surface area contributed by atoms with Crippen LogP contribution in [0.1, 0.15) is 25.8 Å². The fourth-order valence-corrected chi connectivity index (χ4v) is 2.20. The fourth-order valence-electron chi connectivity index (χ4n) is 2.20. The van der Waals surface area contributed by atoms with E-state index in [9.17, 15) is 4.79 Å². The fraction of sp³-hybridized carbons (Fsp3) is 0.312. The first-order valence-electron chi connectivity index (χ1n) is 7.38. The monoisotopic (exact) mass is 315 g/mol. The van der Waals surface area contributed by atoms with Crippen molar-refractivity contribution in [1.29, 1.82) is 5.41 Å². The van der Waals surface area contributed by atoms with Gasteiger partial charge in [0.2, 0.25) is 0 Å². The first-order chi connectivity index (χ1) is 11.0. The molecule has 0 amide bonds. The molecule has 23 heavy (non-hydrogen) atoms. The molecular formula is C16H21N5O2. The summed E-state index contributed by atoms with van der Waals surface area (Å²) >= 11 is 0. The molecular weight excluding hydrogens is 294 g/mol. The van der Waals surface area contributed by atoms with E-state index in [-0.39, 0.29) is 16.8 Å². The summed E-state index contributed by atoms with van der Waals surface area (Å²) in [5, 5.41) is 10.6. The van der Waals surface area contributed by atoms with E-state index < -0.39 is 0 Å². The van der Waals surface area contributed by atoms with Crippen LogP contribution in [0.5, 0.6) is 5.75 Å². The minimum absolute atomic E-state index is 0.143. The number of nitrogens with zero attached hydrogens (tertiary/aromatic N) is 1. The lowest BCUT2D eigenvalue weighted by Gasteiger charge is -2.13. The molecule has 7 nitrogen and oxygen atoms in total. The quantitative estimate of drug-likeness (QED) is 0.482. The Labute approximate surface area is 134 Å². The van der Waals surface area contributed by atoms with Gasteiger partial charge < -0.3 is 26.2 Å². The number of H-pyrrole nitrogens is 1. The van der Waals surface area contributed by atoms with Gasteiger partial charge in [0, 0.05) is 18.4 Å². The van der Waals surface area contributed by atoms with E-state index in [1.165, 1.54) is 0 Å². The SMILES string of the molecule is CCCOc1ccc(N)cc1-c1nc(NC)c(C(C)=N)c(=O)[nH]1. The van der Waals surface area contributed by atoms with Gasteiger partial charge in [-0.05, 0) is 31.5 Å². The lowest BCUT2D eigenvalue weighted by Crippen LogP contribution is -2.21. The van der Waals surface area contributed by atoms with Crippen molar-refractivity contribution in [2.45, 2.75) is 20.3 Å². The molecule has 0 spiro atoms. The Hall–Kier alpha value is -2.83. The normalized spacial score (nSPS) is 10.4. The van der Waals surface area contributed by atoms with Crippen LogP contribution in [0.4, 0.5) is 11.5 Å². The number of rotatable bonds is 6. The standard InChI is InChI=1S/C16H21N5O2/c1-4-7-23-12-6-5-10(18)8-11(12)14-20-15(19-3)13(9(2)17)16(22)21-14/h5-6,8,17H,4,7,18H2,1-3H3,(H2,19,20,21,22). The number of anilines is 2. The summed E-state index contributed by atoms with van der Waals surface area (Å²) in [4.78, 5) is 19.4. The Morgan fingerprint density at radius 3 is 2.83 bits per heavy atom. The van der Waals surface area contributed by atoms with Gasteiger partial charge in [0.15, 0.2) is 0 Å². The van der Waals surface area contributed by atoms with E-state index in [1.54, 1.807) is 32.2 Å². The third-order valence-corrected chi connectivity index (χ3v) is 3.25. The smallest absolute Gasteiger partial charge is 0.262 e. The summed E-state index contributed by atoms with van der Waals surface area (Å²) in [7, 11) is 1.66. The maximum Gasteiger partial charge on any atom is 0.262 e. The molecule has 0 aliphatic heterocycles. The van der Waals surface area contributed by atoms with Gasteiger partial charge >= 0.3 is 0 Å². The Kier molecular flexibility index (Phi) is 5.00. The minimum atomic E-state index is -0.379. The van der Waals surface area contributed by atoms with E-state index in [2.05, 4.69) is 15.3 Å². The zero-order chi connectivity index (χ0) is 17.0. The average Bonchev–Trinajstić information content (AvgIpc) is 2.52. The van der Waals surface area contributed by atoms with Gasteiger partial charge in [0.1, 0.15) is 23.0 Å². The second kappa shape index (κ2) is 6.95. The molecule has 7 heteroatoms. The molecule has 0 bridgehead atoms. The van der Waals surface area contributed by atoms with Crippen molar-refractivity contribution < 1.29 is 4.74 Å². The summed E-state index contributed by atoms with van der Waals surface area (Å²) in [5.41, 5.74) is 7.00. The number of nitrogens with two attached hydrogens (primary N) is 1. The van der Waals surface area contributed by atoms with Gasteiger partial charge in [-0.2, -0.15) is 0 Å². The average molecular weight is 315 g/mol. The highest BCUT2D eigenvalue weighted by Gasteiger charge is 2.16. The number of aromatic amines is 1. The molecule has 1 aromatic heterocycles. The van der Waals surface area contributed by atoms with Gasteiger partial charge in [0.25, 0.3) is 5.56 Å². The van der Waals surface area contributed by atoms with Gasteiger partial charge in [0.05, 0.1) is 12.2 Å². The van der Waals surface area contributed by atoms with Crippen LogP contribution in [0.15, 0.2) is 23.0 Å². The minimum Gasteiger partial charge on any atom is -0.493 e.